The Labute approximate surface area is 125 Å². The van der Waals surface area contributed by atoms with Crippen molar-refractivity contribution in [3.8, 4) is 0 Å². The second-order valence-electron chi connectivity index (χ2n) is 5.83. The third kappa shape index (κ3) is 2.85. The minimum absolute atomic E-state index is 0.257. The molecule has 5 atom stereocenters. The molecule has 0 saturated carbocycles. The molecule has 0 unspecified atom stereocenters. The van der Waals surface area contributed by atoms with Crippen molar-refractivity contribution in [3.63, 3.8) is 0 Å². The Hall–Kier alpha value is -0.950. The molecule has 1 fully saturated rings. The lowest BCUT2D eigenvalue weighted by Gasteiger charge is -2.54. The van der Waals surface area contributed by atoms with Gasteiger partial charge in [0.05, 0.1) is 6.10 Å². The van der Waals surface area contributed by atoms with Crippen LogP contribution in [0.1, 0.15) is 34.1 Å². The van der Waals surface area contributed by atoms with Crippen LogP contribution in [-0.4, -0.2) is 50.1 Å². The number of hydrogen-bond donors (Lipinski definition) is 0. The van der Waals surface area contributed by atoms with Gasteiger partial charge in [0.1, 0.15) is 12.2 Å². The molecule has 0 amide bonds. The van der Waals surface area contributed by atoms with Crippen LogP contribution in [0.3, 0.4) is 0 Å². The number of fused-ring (bicyclic) bond motifs is 1. The van der Waals surface area contributed by atoms with Crippen LogP contribution in [0.4, 0.5) is 0 Å². The molecule has 1 aliphatic heterocycles. The van der Waals surface area contributed by atoms with E-state index in [1.165, 1.54) is 14.0 Å². The second-order valence-corrected chi connectivity index (χ2v) is 5.83. The Bertz CT molecular complexity index is 447. The van der Waals surface area contributed by atoms with Crippen LogP contribution in [0.15, 0.2) is 11.6 Å². The van der Waals surface area contributed by atoms with Crippen molar-refractivity contribution in [1.29, 1.82) is 0 Å². The Morgan fingerprint density at radius 3 is 2.33 bits per heavy atom. The maximum Gasteiger partial charge on any atom is 0.303 e. The van der Waals surface area contributed by atoms with Gasteiger partial charge < -0.3 is 23.7 Å². The van der Waals surface area contributed by atoms with E-state index >= 15 is 0 Å². The fraction of sp³-hybridized carbons (Fsp3) is 0.800. The van der Waals surface area contributed by atoms with Gasteiger partial charge in [-0.2, -0.15) is 0 Å². The van der Waals surface area contributed by atoms with E-state index < -0.39 is 23.8 Å². The first-order valence-electron chi connectivity index (χ1n) is 7.05. The Morgan fingerprint density at radius 2 is 1.81 bits per heavy atom. The highest BCUT2D eigenvalue weighted by molar-refractivity contribution is 5.66. The van der Waals surface area contributed by atoms with Crippen molar-refractivity contribution < 1.29 is 28.5 Å². The molecule has 0 spiro atoms. The summed E-state index contributed by atoms with van der Waals surface area (Å²) in [4.78, 5) is 11.3. The highest BCUT2D eigenvalue weighted by Gasteiger charge is 2.58. The van der Waals surface area contributed by atoms with Crippen LogP contribution in [0.2, 0.25) is 0 Å². The smallest absolute Gasteiger partial charge is 0.303 e. The molecular formula is C15H24O6. The number of carbonyl (C=O) groups is 1. The average Bonchev–Trinajstić information content (AvgIpc) is 2.40. The van der Waals surface area contributed by atoms with Crippen LogP contribution in [0.25, 0.3) is 0 Å². The number of carbonyl (C=O) groups excluding carboxylic acids is 1. The van der Waals surface area contributed by atoms with E-state index in [0.29, 0.717) is 6.42 Å². The quantitative estimate of drug-likeness (QED) is 0.585. The standard InChI is InChI=1S/C15H24O6/c1-9-7-11(19-10(2)16)13-12(8-9)20-14(3,17-5)15(4,18-6)21-13/h7,11-13H,8H2,1-6H3/t11-,12-,13-,14+,15+/m1/s1. The van der Waals surface area contributed by atoms with Crippen LogP contribution in [0.5, 0.6) is 0 Å². The summed E-state index contributed by atoms with van der Waals surface area (Å²) in [6, 6.07) is 0. The third-order valence-corrected chi connectivity index (χ3v) is 4.31. The van der Waals surface area contributed by atoms with Crippen molar-refractivity contribution in [2.75, 3.05) is 14.2 Å². The number of methoxy groups -OCH3 is 2. The molecule has 120 valence electrons. The van der Waals surface area contributed by atoms with Gasteiger partial charge in [0.2, 0.25) is 11.6 Å². The maximum absolute atomic E-state index is 11.3. The zero-order valence-corrected chi connectivity index (χ0v) is 13.5. The van der Waals surface area contributed by atoms with E-state index in [1.54, 1.807) is 21.0 Å². The van der Waals surface area contributed by atoms with E-state index in [4.69, 9.17) is 23.7 Å². The van der Waals surface area contributed by atoms with Gasteiger partial charge in [-0.1, -0.05) is 5.57 Å². The van der Waals surface area contributed by atoms with Gasteiger partial charge in [-0.05, 0) is 33.3 Å². The van der Waals surface area contributed by atoms with E-state index in [1.807, 2.05) is 13.0 Å². The summed E-state index contributed by atoms with van der Waals surface area (Å²) in [5.74, 6) is -2.49. The molecule has 6 heteroatoms. The highest BCUT2D eigenvalue weighted by atomic mass is 16.8. The van der Waals surface area contributed by atoms with Crippen molar-refractivity contribution in [2.45, 2.75) is 64.0 Å². The van der Waals surface area contributed by atoms with Crippen LogP contribution in [-0.2, 0) is 28.5 Å². The lowest BCUT2D eigenvalue weighted by molar-refractivity contribution is -0.453. The van der Waals surface area contributed by atoms with Crippen LogP contribution >= 0.6 is 0 Å². The van der Waals surface area contributed by atoms with Gasteiger partial charge in [0.15, 0.2) is 0 Å². The SMILES string of the molecule is CO[C@@]1(C)O[C@@H]2[C@H](OC(C)=O)C=C(C)C[C@H]2O[C@]1(C)OC. The molecular weight excluding hydrogens is 276 g/mol. The molecule has 21 heavy (non-hydrogen) atoms. The van der Waals surface area contributed by atoms with Gasteiger partial charge in [0, 0.05) is 21.1 Å². The first-order chi connectivity index (χ1) is 9.74. The lowest BCUT2D eigenvalue weighted by atomic mass is 9.90. The Kier molecular flexibility index (Phi) is 4.44. The molecule has 1 aliphatic carbocycles. The number of hydrogen-bond acceptors (Lipinski definition) is 6. The van der Waals surface area contributed by atoms with Crippen LogP contribution < -0.4 is 0 Å². The molecule has 0 aromatic carbocycles. The van der Waals surface area contributed by atoms with E-state index in [9.17, 15) is 4.79 Å². The molecule has 0 N–H and O–H groups in total. The van der Waals surface area contributed by atoms with Gasteiger partial charge in [-0.25, -0.2) is 0 Å². The summed E-state index contributed by atoms with van der Waals surface area (Å²) in [5, 5.41) is 0. The molecule has 2 rings (SSSR count). The summed E-state index contributed by atoms with van der Waals surface area (Å²) in [6.07, 6.45) is 1.42. The zero-order valence-electron chi connectivity index (χ0n) is 13.5. The van der Waals surface area contributed by atoms with E-state index in [-0.39, 0.29) is 12.1 Å². The molecule has 0 aromatic heterocycles. The fourth-order valence-corrected chi connectivity index (χ4v) is 2.86. The minimum atomic E-state index is -1.10. The first kappa shape index (κ1) is 16.4. The van der Waals surface area contributed by atoms with Gasteiger partial charge >= 0.3 is 5.97 Å². The molecule has 1 saturated heterocycles. The summed E-state index contributed by atoms with van der Waals surface area (Å²) in [7, 11) is 3.09. The topological polar surface area (TPSA) is 63.2 Å². The number of rotatable bonds is 3. The fourth-order valence-electron chi connectivity index (χ4n) is 2.86. The number of ether oxygens (including phenoxy) is 5. The lowest BCUT2D eigenvalue weighted by Crippen LogP contribution is -2.67. The summed E-state index contributed by atoms with van der Waals surface area (Å²) in [6.45, 7) is 6.89. The van der Waals surface area contributed by atoms with Crippen LogP contribution in [0, 0.1) is 0 Å². The van der Waals surface area contributed by atoms with E-state index in [2.05, 4.69) is 0 Å². The first-order valence-corrected chi connectivity index (χ1v) is 7.05. The highest BCUT2D eigenvalue weighted by Crippen LogP contribution is 2.43. The predicted octanol–water partition coefficient (Wildman–Crippen LogP) is 1.78. The molecule has 2 aliphatic rings. The maximum atomic E-state index is 11.3. The third-order valence-electron chi connectivity index (χ3n) is 4.31. The van der Waals surface area contributed by atoms with Crippen molar-refractivity contribution >= 4 is 5.97 Å². The Balaban J connectivity index is 2.32. The van der Waals surface area contributed by atoms with Crippen molar-refractivity contribution in [2.24, 2.45) is 0 Å². The molecule has 1 heterocycles. The normalized spacial score (nSPS) is 43.0. The van der Waals surface area contributed by atoms with Gasteiger partial charge in [-0.3, -0.25) is 4.79 Å². The summed E-state index contributed by atoms with van der Waals surface area (Å²) < 4.78 is 28.5. The Morgan fingerprint density at radius 1 is 1.24 bits per heavy atom. The summed E-state index contributed by atoms with van der Waals surface area (Å²) in [5.41, 5.74) is 1.09. The number of esters is 1. The minimum Gasteiger partial charge on any atom is -0.455 e. The van der Waals surface area contributed by atoms with Gasteiger partial charge in [-0.15, -0.1) is 0 Å². The average molecular weight is 300 g/mol. The van der Waals surface area contributed by atoms with Crippen molar-refractivity contribution in [1.82, 2.24) is 0 Å². The molecule has 6 nitrogen and oxygen atoms in total. The molecule has 0 radical (unpaired) electrons. The predicted molar refractivity (Wildman–Crippen MR) is 74.5 cm³/mol. The molecule has 0 aromatic rings. The van der Waals surface area contributed by atoms with E-state index in [0.717, 1.165) is 5.57 Å². The summed E-state index contributed by atoms with van der Waals surface area (Å²) >= 11 is 0. The second kappa shape index (κ2) is 5.68. The monoisotopic (exact) mass is 300 g/mol. The largest absolute Gasteiger partial charge is 0.455 e. The molecule has 0 bridgehead atoms. The zero-order chi connectivity index (χ0) is 15.8. The van der Waals surface area contributed by atoms with Gasteiger partial charge in [0.25, 0.3) is 0 Å². The van der Waals surface area contributed by atoms with Crippen molar-refractivity contribution in [3.05, 3.63) is 11.6 Å².